The average Bonchev–Trinajstić information content (AvgIpc) is 1.80. The van der Waals surface area contributed by atoms with E-state index in [2.05, 4.69) is 86.9 Å². The molecule has 38 nitrogen and oxygen atoms in total. The molecule has 0 spiro atoms. The Labute approximate surface area is 750 Å². The standard InChI is InChI=1S/C23H32F2N6O4.C22H30F2N6O4.C22H28F2N6O4.C18H24F2N6O2/c1-14(32)17-7-10-31(29-17)20-27-18(26-15-5-8-23(24,25)9-6-15)11-19(28-20)34-16-12-30(13-16)21(33)35-22(2,3)4;2*1-21(2,3)34-20(32)29-11-16(12-29)33-18-10-17(25-14-4-7-22(23,24)8-5-14)26-19(27-18)30-9-6-15(13-31)28-30;1-11(27)14-4-7-26(25-14)17-23-15(8-16(24-17)28-13-9-21-10-13)22-12-2-5-18(19,20)6-3-12/h7,10-11,14-16,32H,5-6,8-9,12-13H2,1-4H3,(H,26,27,28);6,9-10,14,16,31H,4-5,7-8,11-13H2,1-3H3,(H,25,26,27);6,9-10,13-14,16H,4-5,7-8,11-12H2,1-3H3,(H,25,26,27);4,7-8,11-13,21,27H,2-3,5-6,9-10H2,1H3,(H,22,23,24). The maximum Gasteiger partial charge on any atom is 0.410 e. The molecule has 0 bridgehead atoms. The van der Waals surface area contributed by atoms with Crippen LogP contribution in [0.15, 0.2) is 73.3 Å². The smallest absolute Gasteiger partial charge is 0.410 e. The van der Waals surface area contributed by atoms with Crippen LogP contribution in [0.3, 0.4) is 0 Å². The summed E-state index contributed by atoms with van der Waals surface area (Å²) in [7, 11) is 0. The van der Waals surface area contributed by atoms with E-state index in [-0.39, 0.29) is 148 Å². The molecule has 4 aliphatic heterocycles. The SMILES string of the molecule is CC(C)(C)OC(=O)N1CC(Oc2cc(NC3CCC(F)(F)CC3)nc(-n3ccc(C=O)n3)n2)C1.CC(C)(C)OC(=O)N1CC(Oc2cc(NC3CCC(F)(F)CC3)nc(-n3ccc(CO)n3)n2)C1.CC(O)c1ccn(-c2nc(NC3CCC(F)(F)CC3)cc(OC3CN(C(=O)OC(C)(C)C)C3)n2)n1.CC(O)c1ccn(-c2nc(NC3CCC(F)(F)CC3)cc(OC3CNC3)n2)n1. The van der Waals surface area contributed by atoms with E-state index < -0.39 is 71.0 Å². The fourth-order valence-corrected chi connectivity index (χ4v) is 14.6. The number of likely N-dealkylation sites (tertiary alicyclic amines) is 3. The Balaban J connectivity index is 0.000000149. The minimum Gasteiger partial charge on any atom is -0.471 e. The van der Waals surface area contributed by atoms with Gasteiger partial charge in [0.1, 0.15) is 70.2 Å². The fraction of sp³-hybridized carbons (Fsp3) is 0.624. The van der Waals surface area contributed by atoms with Crippen LogP contribution in [0.4, 0.5) is 72.8 Å². The molecule has 4 saturated heterocycles. The Bertz CT molecular complexity index is 5160. The summed E-state index contributed by atoms with van der Waals surface area (Å²) in [5.74, 6) is -6.63. The molecule has 714 valence electrons. The molecule has 46 heteroatoms. The van der Waals surface area contributed by atoms with Gasteiger partial charge in [0.15, 0.2) is 6.29 Å². The van der Waals surface area contributed by atoms with Gasteiger partial charge in [0.05, 0.1) is 75.2 Å². The number of ether oxygens (including phenoxy) is 7. The van der Waals surface area contributed by atoms with Gasteiger partial charge in [0.25, 0.3) is 23.8 Å². The maximum atomic E-state index is 13.6. The number of amides is 3. The number of anilines is 4. The fourth-order valence-electron chi connectivity index (χ4n) is 14.6. The molecule has 131 heavy (non-hydrogen) atoms. The van der Waals surface area contributed by atoms with Gasteiger partial charge in [-0.25, -0.2) is 68.2 Å². The van der Waals surface area contributed by atoms with Crippen molar-refractivity contribution in [2.45, 2.75) is 287 Å². The van der Waals surface area contributed by atoms with Crippen molar-refractivity contribution in [3.63, 3.8) is 0 Å². The minimum absolute atomic E-state index is 0.0367. The number of aldehydes is 1. The zero-order chi connectivity index (χ0) is 94.1. The third-order valence-electron chi connectivity index (χ3n) is 21.9. The van der Waals surface area contributed by atoms with Crippen LogP contribution in [-0.4, -0.2) is 275 Å². The first-order chi connectivity index (χ1) is 61.7. The number of nitrogens with zero attached hydrogens (tertiary/aromatic N) is 19. The van der Waals surface area contributed by atoms with Gasteiger partial charge in [-0.05, 0) is 152 Å². The van der Waals surface area contributed by atoms with Gasteiger partial charge in [-0.2, -0.15) is 60.3 Å². The number of aromatic nitrogens is 16. The summed E-state index contributed by atoms with van der Waals surface area (Å²) in [5, 5.41) is 61.7. The lowest BCUT2D eigenvalue weighted by atomic mass is 9.92. The molecule has 2 unspecified atom stereocenters. The second kappa shape index (κ2) is 40.6. The van der Waals surface area contributed by atoms with Crippen molar-refractivity contribution in [2.75, 3.05) is 73.6 Å². The highest BCUT2D eigenvalue weighted by Gasteiger charge is 2.43. The molecular weight excluding hydrogens is 1730 g/mol. The monoisotopic (exact) mass is 1850 g/mol. The van der Waals surface area contributed by atoms with Crippen molar-refractivity contribution in [3.05, 3.63) is 96.1 Å². The van der Waals surface area contributed by atoms with E-state index in [4.69, 9.17) is 33.2 Å². The highest BCUT2D eigenvalue weighted by Crippen LogP contribution is 2.40. The van der Waals surface area contributed by atoms with Crippen LogP contribution in [0.2, 0.25) is 0 Å². The number of hydrogen-bond donors (Lipinski definition) is 8. The van der Waals surface area contributed by atoms with Crippen LogP contribution in [0.1, 0.15) is 219 Å². The molecule has 16 rings (SSSR count). The van der Waals surface area contributed by atoms with Crippen molar-refractivity contribution in [1.82, 2.24) is 99.0 Å². The topological polar surface area (TPSA) is 438 Å². The van der Waals surface area contributed by atoms with Gasteiger partial charge in [0, 0.05) is 138 Å². The summed E-state index contributed by atoms with van der Waals surface area (Å²) in [6.45, 7) is 22.8. The predicted octanol–water partition coefficient (Wildman–Crippen LogP) is 12.4. The molecule has 8 fully saturated rings. The number of alkyl halides is 8. The summed E-state index contributed by atoms with van der Waals surface area (Å²) in [6.07, 6.45) is 4.92. The highest BCUT2D eigenvalue weighted by atomic mass is 19.3. The lowest BCUT2D eigenvalue weighted by Gasteiger charge is -2.39. The van der Waals surface area contributed by atoms with Crippen LogP contribution in [0, 0.1) is 0 Å². The Kier molecular flexibility index (Phi) is 30.0. The van der Waals surface area contributed by atoms with Gasteiger partial charge in [0.2, 0.25) is 47.2 Å². The van der Waals surface area contributed by atoms with Gasteiger partial charge < -0.3 is 89.8 Å². The van der Waals surface area contributed by atoms with Crippen molar-refractivity contribution >= 4 is 47.8 Å². The first-order valence-corrected chi connectivity index (χ1v) is 43.8. The number of aliphatic hydroxyl groups excluding tert-OH is 3. The quantitative estimate of drug-likeness (QED) is 0.0158. The Hall–Kier alpha value is -11.7. The van der Waals surface area contributed by atoms with E-state index >= 15 is 0 Å². The van der Waals surface area contributed by atoms with Crippen LogP contribution in [0.25, 0.3) is 23.8 Å². The minimum atomic E-state index is -2.63. The molecule has 8 aromatic heterocycles. The van der Waals surface area contributed by atoms with E-state index in [0.29, 0.717) is 149 Å². The Morgan fingerprint density at radius 1 is 0.420 bits per heavy atom. The average molecular weight is 1850 g/mol. The first kappa shape index (κ1) is 96.9. The normalized spacial score (nSPS) is 19.6. The number of halogens is 8. The van der Waals surface area contributed by atoms with Crippen LogP contribution in [-0.2, 0) is 20.8 Å². The van der Waals surface area contributed by atoms with E-state index in [1.165, 1.54) is 29.7 Å². The molecule has 0 aromatic carbocycles. The zero-order valence-electron chi connectivity index (χ0n) is 74.8. The maximum absolute atomic E-state index is 13.6. The van der Waals surface area contributed by atoms with Crippen molar-refractivity contribution in [2.24, 2.45) is 0 Å². The second-order valence-corrected chi connectivity index (χ2v) is 36.9. The zero-order valence-corrected chi connectivity index (χ0v) is 74.8. The van der Waals surface area contributed by atoms with Gasteiger partial charge >= 0.3 is 18.3 Å². The van der Waals surface area contributed by atoms with Crippen molar-refractivity contribution < 1.29 is 103 Å². The third kappa shape index (κ3) is 28.4. The summed E-state index contributed by atoms with van der Waals surface area (Å²) in [5.41, 5.74) is -0.123. The third-order valence-corrected chi connectivity index (χ3v) is 21.9. The molecule has 8 aromatic rings. The van der Waals surface area contributed by atoms with Gasteiger partial charge in [-0.3, -0.25) is 4.79 Å². The largest absolute Gasteiger partial charge is 0.471 e. The molecule has 4 aliphatic carbocycles. The van der Waals surface area contributed by atoms with Crippen molar-refractivity contribution in [1.29, 1.82) is 0 Å². The lowest BCUT2D eigenvalue weighted by Crippen LogP contribution is -2.57. The second-order valence-electron chi connectivity index (χ2n) is 36.9. The molecule has 12 heterocycles. The van der Waals surface area contributed by atoms with Crippen LogP contribution in [0.5, 0.6) is 23.5 Å². The Morgan fingerprint density at radius 2 is 0.687 bits per heavy atom. The predicted molar refractivity (Wildman–Crippen MR) is 456 cm³/mol. The molecular formula is C85H114F8N24O14. The van der Waals surface area contributed by atoms with Crippen LogP contribution < -0.4 is 45.5 Å². The number of carbonyl (C=O) groups excluding carboxylic acids is 4. The van der Waals surface area contributed by atoms with E-state index in [1.807, 2.05) is 0 Å². The molecule has 3 amide bonds. The van der Waals surface area contributed by atoms with Crippen molar-refractivity contribution in [3.8, 4) is 47.3 Å². The first-order valence-electron chi connectivity index (χ1n) is 43.8. The summed E-state index contributed by atoms with van der Waals surface area (Å²) in [4.78, 5) is 87.6. The van der Waals surface area contributed by atoms with Gasteiger partial charge in [-0.15, -0.1) is 0 Å². The number of hydrogen-bond acceptors (Lipinski definition) is 31. The number of carbonyl (C=O) groups is 4. The summed E-state index contributed by atoms with van der Waals surface area (Å²) in [6, 6.07) is 12.5. The number of nitrogens with one attached hydrogen (secondary N) is 5. The molecule has 8 aliphatic rings. The summed E-state index contributed by atoms with van der Waals surface area (Å²) < 4.78 is 154. The molecule has 4 saturated carbocycles. The molecule has 0 radical (unpaired) electrons. The number of aliphatic hydroxyl groups is 3. The number of rotatable bonds is 24. The van der Waals surface area contributed by atoms with E-state index in [1.54, 1.807) is 153 Å². The molecule has 8 N–H and O–H groups in total. The lowest BCUT2D eigenvalue weighted by molar-refractivity contribution is -0.0366. The van der Waals surface area contributed by atoms with Gasteiger partial charge in [-0.1, -0.05) is 0 Å². The van der Waals surface area contributed by atoms with E-state index in [9.17, 15) is 69.6 Å². The highest BCUT2D eigenvalue weighted by molar-refractivity contribution is 5.72. The molecule has 2 atom stereocenters. The van der Waals surface area contributed by atoms with Crippen LogP contribution >= 0.6 is 0 Å². The van der Waals surface area contributed by atoms with E-state index in [0.717, 1.165) is 13.1 Å². The summed E-state index contributed by atoms with van der Waals surface area (Å²) >= 11 is 0. The Morgan fingerprint density at radius 3 is 0.924 bits per heavy atom.